The predicted octanol–water partition coefficient (Wildman–Crippen LogP) is 3.18. The maximum atomic E-state index is 12.9. The third-order valence-corrected chi connectivity index (χ3v) is 6.14. The molecule has 0 saturated carbocycles. The number of aromatic nitrogens is 1. The molecule has 0 N–H and O–H groups in total. The molecule has 3 heterocycles. The van der Waals surface area contributed by atoms with Crippen molar-refractivity contribution in [1.29, 1.82) is 0 Å². The second-order valence-electron chi connectivity index (χ2n) is 7.97. The van der Waals surface area contributed by atoms with Gasteiger partial charge in [-0.3, -0.25) is 4.79 Å². The van der Waals surface area contributed by atoms with Gasteiger partial charge in [-0.25, -0.2) is 0 Å². The van der Waals surface area contributed by atoms with Gasteiger partial charge in [-0.15, -0.1) is 0 Å². The summed E-state index contributed by atoms with van der Waals surface area (Å²) in [5.74, 6) is 0.311. The normalized spacial score (nSPS) is 20.3. The summed E-state index contributed by atoms with van der Waals surface area (Å²) in [7, 11) is 4.18. The highest BCUT2D eigenvalue weighted by Gasteiger charge is 2.32. The summed E-state index contributed by atoms with van der Waals surface area (Å²) in [5, 5.41) is 1.13. The van der Waals surface area contributed by atoms with Crippen molar-refractivity contribution in [2.75, 3.05) is 38.1 Å². The summed E-state index contributed by atoms with van der Waals surface area (Å²) in [6.45, 7) is 4.11. The first-order valence-corrected chi connectivity index (χ1v) is 9.92. The monoisotopic (exact) mass is 375 g/mol. The topological polar surface area (TPSA) is 37.7 Å². The molecule has 1 unspecified atom stereocenters. The number of anilines is 1. The van der Waals surface area contributed by atoms with Crippen molar-refractivity contribution in [2.45, 2.75) is 12.3 Å². The van der Waals surface area contributed by atoms with Crippen LogP contribution in [0.3, 0.4) is 0 Å². The summed E-state index contributed by atoms with van der Waals surface area (Å²) in [5.41, 5.74) is 4.44. The molecular weight excluding hydrogens is 350 g/mol. The molecule has 3 aromatic rings. The number of fused-ring (bicyclic) bond motifs is 2. The van der Waals surface area contributed by atoms with Crippen molar-refractivity contribution >= 4 is 22.6 Å². The van der Waals surface area contributed by atoms with Gasteiger partial charge in [0.25, 0.3) is 0 Å². The Morgan fingerprint density at radius 2 is 1.79 bits per heavy atom. The van der Waals surface area contributed by atoms with Crippen LogP contribution in [0, 0.1) is 0 Å². The lowest BCUT2D eigenvalue weighted by Gasteiger charge is -2.34. The van der Waals surface area contributed by atoms with Crippen molar-refractivity contribution in [3.63, 3.8) is 0 Å². The molecule has 144 valence electrons. The van der Waals surface area contributed by atoms with Crippen molar-refractivity contribution in [2.24, 2.45) is 7.05 Å². The summed E-state index contributed by atoms with van der Waals surface area (Å²) in [6.07, 6.45) is 2.76. The molecule has 1 aromatic heterocycles. The van der Waals surface area contributed by atoms with Crippen LogP contribution in [0.4, 0.5) is 5.69 Å². The Morgan fingerprint density at radius 1 is 1.00 bits per heavy atom. The van der Waals surface area contributed by atoms with Crippen molar-refractivity contribution in [3.8, 4) is 5.75 Å². The number of benzene rings is 2. The molecule has 5 nitrogen and oxygen atoms in total. The fraction of sp³-hybridized carbons (Fsp3) is 0.348. The fourth-order valence-corrected chi connectivity index (χ4v) is 4.44. The largest absolute Gasteiger partial charge is 0.426 e. The van der Waals surface area contributed by atoms with Crippen LogP contribution in [0.15, 0.2) is 48.7 Å². The Balaban J connectivity index is 1.45. The summed E-state index contributed by atoms with van der Waals surface area (Å²) >= 11 is 0. The van der Waals surface area contributed by atoms with E-state index < -0.39 is 0 Å². The van der Waals surface area contributed by atoms with Gasteiger partial charge in [0.15, 0.2) is 0 Å². The number of carbonyl (C=O) groups is 1. The first kappa shape index (κ1) is 17.3. The molecule has 0 amide bonds. The summed E-state index contributed by atoms with van der Waals surface area (Å²) in [4.78, 5) is 17.6. The van der Waals surface area contributed by atoms with Gasteiger partial charge in [-0.1, -0.05) is 24.3 Å². The van der Waals surface area contributed by atoms with Gasteiger partial charge >= 0.3 is 5.97 Å². The summed E-state index contributed by atoms with van der Waals surface area (Å²) < 4.78 is 7.91. The van der Waals surface area contributed by atoms with Gasteiger partial charge in [0, 0.05) is 62.1 Å². The third kappa shape index (κ3) is 2.87. The SMILES string of the molecule is CN1CCN(c2ccc3c(c2)OC(=O)C(c2cn(C)c4ccccc24)C3)CC1. The van der Waals surface area contributed by atoms with Gasteiger partial charge in [0.1, 0.15) is 5.75 Å². The van der Waals surface area contributed by atoms with E-state index in [1.807, 2.05) is 25.2 Å². The third-order valence-electron chi connectivity index (χ3n) is 6.14. The van der Waals surface area contributed by atoms with Crippen LogP contribution < -0.4 is 9.64 Å². The average molecular weight is 375 g/mol. The predicted molar refractivity (Wildman–Crippen MR) is 111 cm³/mol. The van der Waals surface area contributed by atoms with Crippen LogP contribution in [0.25, 0.3) is 10.9 Å². The van der Waals surface area contributed by atoms with E-state index in [1.165, 1.54) is 0 Å². The molecule has 5 rings (SSSR count). The highest BCUT2D eigenvalue weighted by atomic mass is 16.5. The van der Waals surface area contributed by atoms with E-state index in [9.17, 15) is 4.79 Å². The number of carbonyl (C=O) groups excluding carboxylic acids is 1. The Morgan fingerprint density at radius 3 is 2.61 bits per heavy atom. The Hall–Kier alpha value is -2.79. The van der Waals surface area contributed by atoms with Crippen LogP contribution in [0.2, 0.25) is 0 Å². The average Bonchev–Trinajstić information content (AvgIpc) is 3.04. The van der Waals surface area contributed by atoms with Gasteiger partial charge < -0.3 is 19.1 Å². The van der Waals surface area contributed by atoms with Gasteiger partial charge in [0.05, 0.1) is 5.92 Å². The minimum atomic E-state index is -0.256. The lowest BCUT2D eigenvalue weighted by atomic mass is 9.89. The van der Waals surface area contributed by atoms with E-state index in [1.54, 1.807) is 0 Å². The molecule has 28 heavy (non-hydrogen) atoms. The highest BCUT2D eigenvalue weighted by molar-refractivity contribution is 5.92. The number of hydrogen-bond donors (Lipinski definition) is 0. The van der Waals surface area contributed by atoms with Gasteiger partial charge in [-0.2, -0.15) is 0 Å². The zero-order valence-electron chi connectivity index (χ0n) is 16.4. The van der Waals surface area contributed by atoms with E-state index in [-0.39, 0.29) is 11.9 Å². The highest BCUT2D eigenvalue weighted by Crippen LogP contribution is 2.38. The molecule has 1 fully saturated rings. The number of rotatable bonds is 2. The van der Waals surface area contributed by atoms with Crippen molar-refractivity contribution < 1.29 is 9.53 Å². The van der Waals surface area contributed by atoms with E-state index in [4.69, 9.17) is 4.74 Å². The number of likely N-dealkylation sites (N-methyl/N-ethyl adjacent to an activating group) is 1. The lowest BCUT2D eigenvalue weighted by Crippen LogP contribution is -2.44. The molecule has 1 saturated heterocycles. The van der Waals surface area contributed by atoms with Crippen LogP contribution in [-0.4, -0.2) is 48.7 Å². The first-order valence-electron chi connectivity index (χ1n) is 9.92. The number of ether oxygens (including phenoxy) is 1. The molecule has 1 atom stereocenters. The number of aryl methyl sites for hydroxylation is 1. The molecular formula is C23H25N3O2. The molecule has 0 aliphatic carbocycles. The zero-order chi connectivity index (χ0) is 19.3. The fourth-order valence-electron chi connectivity index (χ4n) is 4.44. The number of nitrogens with zero attached hydrogens (tertiary/aromatic N) is 3. The second-order valence-corrected chi connectivity index (χ2v) is 7.97. The van der Waals surface area contributed by atoms with Crippen LogP contribution >= 0.6 is 0 Å². The maximum Gasteiger partial charge on any atom is 0.319 e. The number of piperazine rings is 1. The summed E-state index contributed by atoms with van der Waals surface area (Å²) in [6, 6.07) is 14.6. The van der Waals surface area contributed by atoms with E-state index >= 15 is 0 Å². The lowest BCUT2D eigenvalue weighted by molar-refractivity contribution is -0.137. The standard InChI is InChI=1S/C23H25N3O2/c1-24-9-11-26(12-10-24)17-8-7-16-13-19(23(27)28-22(16)14-17)20-15-25(2)21-6-4-3-5-18(20)21/h3-8,14-15,19H,9-13H2,1-2H3. The number of hydrogen-bond acceptors (Lipinski definition) is 4. The van der Waals surface area contributed by atoms with Crippen LogP contribution in [0.1, 0.15) is 17.0 Å². The molecule has 5 heteroatoms. The zero-order valence-corrected chi connectivity index (χ0v) is 16.4. The second kappa shape index (κ2) is 6.67. The van der Waals surface area contributed by atoms with Crippen molar-refractivity contribution in [3.05, 3.63) is 59.8 Å². The van der Waals surface area contributed by atoms with Crippen LogP contribution in [0.5, 0.6) is 5.75 Å². The Bertz CT molecular complexity index is 1050. The quantitative estimate of drug-likeness (QED) is 0.509. The van der Waals surface area contributed by atoms with Gasteiger partial charge in [0.2, 0.25) is 0 Å². The van der Waals surface area contributed by atoms with E-state index in [0.29, 0.717) is 6.42 Å². The Labute approximate surface area is 165 Å². The van der Waals surface area contributed by atoms with E-state index in [0.717, 1.165) is 59.6 Å². The van der Waals surface area contributed by atoms with E-state index in [2.05, 4.69) is 51.9 Å². The minimum absolute atomic E-state index is 0.153. The molecule has 0 bridgehead atoms. The molecule has 2 aliphatic heterocycles. The molecule has 2 aromatic carbocycles. The minimum Gasteiger partial charge on any atom is -0.426 e. The smallest absolute Gasteiger partial charge is 0.319 e. The molecule has 0 radical (unpaired) electrons. The van der Waals surface area contributed by atoms with Gasteiger partial charge in [-0.05, 0) is 36.7 Å². The maximum absolute atomic E-state index is 12.9. The Kier molecular flexibility index (Phi) is 4.13. The molecule has 0 spiro atoms. The van der Waals surface area contributed by atoms with Crippen LogP contribution in [-0.2, 0) is 18.3 Å². The number of esters is 1. The first-order chi connectivity index (χ1) is 13.6. The number of para-hydroxylation sites is 1. The molecule has 2 aliphatic rings. The van der Waals surface area contributed by atoms with Crippen molar-refractivity contribution in [1.82, 2.24) is 9.47 Å².